The Labute approximate surface area is 134 Å². The zero-order valence-electron chi connectivity index (χ0n) is 12.9. The van der Waals surface area contributed by atoms with E-state index in [2.05, 4.69) is 9.82 Å². The van der Waals surface area contributed by atoms with Crippen LogP contribution in [0.4, 0.5) is 5.69 Å². The van der Waals surface area contributed by atoms with E-state index >= 15 is 0 Å². The average Bonchev–Trinajstić information content (AvgIpc) is 3.12. The Morgan fingerprint density at radius 2 is 2.09 bits per heavy atom. The summed E-state index contributed by atoms with van der Waals surface area (Å²) in [6.07, 6.45) is 6.19. The lowest BCUT2D eigenvalue weighted by molar-refractivity contribution is 0.481. The molecular formula is C16H18N4O2S. The van der Waals surface area contributed by atoms with Gasteiger partial charge < -0.3 is 4.57 Å². The third-order valence-electron chi connectivity index (χ3n) is 4.38. The van der Waals surface area contributed by atoms with E-state index in [1.165, 1.54) is 6.20 Å². The van der Waals surface area contributed by atoms with Gasteiger partial charge in [0, 0.05) is 25.2 Å². The monoisotopic (exact) mass is 330 g/mol. The Kier molecular flexibility index (Phi) is 3.19. The molecule has 2 aromatic heterocycles. The van der Waals surface area contributed by atoms with Crippen LogP contribution in [-0.4, -0.2) is 22.8 Å². The summed E-state index contributed by atoms with van der Waals surface area (Å²) < 4.78 is 32.1. The lowest BCUT2D eigenvalue weighted by Gasteiger charge is -2.15. The van der Waals surface area contributed by atoms with Gasteiger partial charge in [0.2, 0.25) is 0 Å². The maximum Gasteiger partial charge on any atom is 0.265 e. The number of sulfonamides is 1. The molecule has 1 aromatic carbocycles. The summed E-state index contributed by atoms with van der Waals surface area (Å²) in [6.45, 7) is 0.790. The molecule has 4 rings (SSSR count). The number of hydrogen-bond acceptors (Lipinski definition) is 3. The van der Waals surface area contributed by atoms with Gasteiger partial charge in [-0.05, 0) is 31.4 Å². The molecule has 0 saturated heterocycles. The van der Waals surface area contributed by atoms with Crippen molar-refractivity contribution in [3.05, 3.63) is 42.4 Å². The second-order valence-corrected chi connectivity index (χ2v) is 7.56. The Morgan fingerprint density at radius 3 is 2.96 bits per heavy atom. The van der Waals surface area contributed by atoms with Crippen LogP contribution in [0.3, 0.4) is 0 Å². The first kappa shape index (κ1) is 14.3. The van der Waals surface area contributed by atoms with Gasteiger partial charge >= 0.3 is 0 Å². The van der Waals surface area contributed by atoms with Crippen LogP contribution in [0.2, 0.25) is 0 Å². The van der Waals surface area contributed by atoms with E-state index < -0.39 is 10.0 Å². The van der Waals surface area contributed by atoms with E-state index in [-0.39, 0.29) is 0 Å². The SMILES string of the molecule is Cn1ccc2cccc(NS(=O)(=O)c3cnn4c3CCCC4)c21. The number of para-hydroxylation sites is 1. The number of benzene rings is 1. The topological polar surface area (TPSA) is 68.9 Å². The number of nitrogens with zero attached hydrogens (tertiary/aromatic N) is 3. The molecule has 1 aliphatic heterocycles. The third-order valence-corrected chi connectivity index (χ3v) is 5.78. The minimum atomic E-state index is -3.64. The van der Waals surface area contributed by atoms with E-state index in [1.807, 2.05) is 36.0 Å². The number of hydrogen-bond donors (Lipinski definition) is 1. The molecular weight excluding hydrogens is 312 g/mol. The molecule has 0 radical (unpaired) electrons. The smallest absolute Gasteiger partial charge is 0.265 e. The minimum Gasteiger partial charge on any atom is -0.349 e. The molecule has 0 fully saturated rings. The quantitative estimate of drug-likeness (QED) is 0.802. The number of fused-ring (bicyclic) bond motifs is 2. The van der Waals surface area contributed by atoms with E-state index in [4.69, 9.17) is 0 Å². The first-order chi connectivity index (χ1) is 11.1. The number of aromatic nitrogens is 3. The van der Waals surface area contributed by atoms with E-state index in [0.29, 0.717) is 10.6 Å². The van der Waals surface area contributed by atoms with Gasteiger partial charge in [-0.3, -0.25) is 9.40 Å². The van der Waals surface area contributed by atoms with Crippen molar-refractivity contribution in [3.63, 3.8) is 0 Å². The summed E-state index contributed by atoms with van der Waals surface area (Å²) in [5.41, 5.74) is 2.27. The molecule has 1 N–H and O–H groups in total. The minimum absolute atomic E-state index is 0.295. The fourth-order valence-corrected chi connectivity index (χ4v) is 4.52. The molecule has 6 nitrogen and oxygen atoms in total. The number of nitrogens with one attached hydrogen (secondary N) is 1. The maximum atomic E-state index is 12.8. The summed E-state index contributed by atoms with van der Waals surface area (Å²) in [4.78, 5) is 0.295. The maximum absolute atomic E-state index is 12.8. The van der Waals surface area contributed by atoms with Crippen LogP contribution in [0.15, 0.2) is 41.6 Å². The van der Waals surface area contributed by atoms with Gasteiger partial charge in [-0.25, -0.2) is 8.42 Å². The molecule has 23 heavy (non-hydrogen) atoms. The van der Waals surface area contributed by atoms with Crippen molar-refractivity contribution in [2.45, 2.75) is 30.7 Å². The molecule has 0 atom stereocenters. The van der Waals surface area contributed by atoms with Crippen molar-refractivity contribution < 1.29 is 8.42 Å². The van der Waals surface area contributed by atoms with Crippen LogP contribution in [0.1, 0.15) is 18.5 Å². The largest absolute Gasteiger partial charge is 0.349 e. The van der Waals surface area contributed by atoms with Gasteiger partial charge in [0.25, 0.3) is 10.0 Å². The Morgan fingerprint density at radius 1 is 1.22 bits per heavy atom. The zero-order chi connectivity index (χ0) is 16.0. The van der Waals surface area contributed by atoms with Gasteiger partial charge in [-0.15, -0.1) is 0 Å². The van der Waals surface area contributed by atoms with Gasteiger partial charge in [0.1, 0.15) is 4.90 Å². The van der Waals surface area contributed by atoms with Gasteiger partial charge in [0.05, 0.1) is 23.1 Å². The standard InChI is InChI=1S/C16H18N4O2S/c1-19-10-8-12-5-4-6-13(16(12)19)18-23(21,22)15-11-17-20-9-3-2-7-14(15)20/h4-6,8,10-11,18H,2-3,7,9H2,1H3. The molecule has 120 valence electrons. The average molecular weight is 330 g/mol. The first-order valence-corrected chi connectivity index (χ1v) is 9.16. The molecule has 1 aliphatic rings. The van der Waals surface area contributed by atoms with E-state index in [1.54, 1.807) is 10.7 Å². The van der Waals surface area contributed by atoms with Crippen LogP contribution < -0.4 is 4.72 Å². The molecule has 0 saturated carbocycles. The molecule has 0 amide bonds. The highest BCUT2D eigenvalue weighted by Gasteiger charge is 2.25. The molecule has 3 heterocycles. The van der Waals surface area contributed by atoms with Crippen molar-refractivity contribution in [3.8, 4) is 0 Å². The van der Waals surface area contributed by atoms with Crippen LogP contribution in [0, 0.1) is 0 Å². The summed E-state index contributed by atoms with van der Waals surface area (Å²) in [6, 6.07) is 7.58. The normalized spacial score (nSPS) is 14.8. The fraction of sp³-hybridized carbons (Fsp3) is 0.312. The lowest BCUT2D eigenvalue weighted by Crippen LogP contribution is -2.18. The van der Waals surface area contributed by atoms with Gasteiger partial charge in [-0.2, -0.15) is 5.10 Å². The fourth-order valence-electron chi connectivity index (χ4n) is 3.26. The van der Waals surface area contributed by atoms with Crippen molar-refractivity contribution in [2.75, 3.05) is 4.72 Å². The highest BCUT2D eigenvalue weighted by molar-refractivity contribution is 7.92. The Bertz CT molecular complexity index is 985. The van der Waals surface area contributed by atoms with E-state index in [0.717, 1.165) is 42.4 Å². The summed E-state index contributed by atoms with van der Waals surface area (Å²) in [7, 11) is -1.74. The van der Waals surface area contributed by atoms with Crippen LogP contribution >= 0.6 is 0 Å². The van der Waals surface area contributed by atoms with Crippen LogP contribution in [-0.2, 0) is 30.0 Å². The molecule has 0 unspecified atom stereocenters. The van der Waals surface area contributed by atoms with Gasteiger partial charge in [-0.1, -0.05) is 12.1 Å². The highest BCUT2D eigenvalue weighted by Crippen LogP contribution is 2.28. The zero-order valence-corrected chi connectivity index (χ0v) is 13.7. The molecule has 0 aliphatic carbocycles. The van der Waals surface area contributed by atoms with Crippen molar-refractivity contribution in [1.29, 1.82) is 0 Å². The summed E-state index contributed by atoms with van der Waals surface area (Å²) >= 11 is 0. The molecule has 3 aromatic rings. The predicted octanol–water partition coefficient (Wildman–Crippen LogP) is 2.51. The predicted molar refractivity (Wildman–Crippen MR) is 88.9 cm³/mol. The summed E-state index contributed by atoms with van der Waals surface area (Å²) in [5, 5.41) is 5.23. The second kappa shape index (κ2) is 5.13. The third kappa shape index (κ3) is 2.31. The second-order valence-electron chi connectivity index (χ2n) is 5.91. The van der Waals surface area contributed by atoms with Crippen LogP contribution in [0.5, 0.6) is 0 Å². The van der Waals surface area contributed by atoms with Crippen molar-refractivity contribution in [1.82, 2.24) is 14.3 Å². The Balaban J connectivity index is 1.78. The highest BCUT2D eigenvalue weighted by atomic mass is 32.2. The number of aryl methyl sites for hydroxylation is 2. The number of rotatable bonds is 3. The van der Waals surface area contributed by atoms with Gasteiger partial charge in [0.15, 0.2) is 0 Å². The lowest BCUT2D eigenvalue weighted by atomic mass is 10.1. The molecule has 7 heteroatoms. The van der Waals surface area contributed by atoms with Crippen LogP contribution in [0.25, 0.3) is 10.9 Å². The van der Waals surface area contributed by atoms with Crippen molar-refractivity contribution >= 4 is 26.6 Å². The molecule has 0 spiro atoms. The Hall–Kier alpha value is -2.28. The summed E-state index contributed by atoms with van der Waals surface area (Å²) in [5.74, 6) is 0. The molecule has 0 bridgehead atoms. The van der Waals surface area contributed by atoms with E-state index in [9.17, 15) is 8.42 Å². The van der Waals surface area contributed by atoms with Crippen molar-refractivity contribution in [2.24, 2.45) is 7.05 Å². The first-order valence-electron chi connectivity index (χ1n) is 7.68. The number of anilines is 1.